The van der Waals surface area contributed by atoms with Crippen molar-refractivity contribution in [2.75, 3.05) is 25.0 Å². The van der Waals surface area contributed by atoms with E-state index in [0.29, 0.717) is 37.4 Å². The van der Waals surface area contributed by atoms with Crippen LogP contribution in [0.25, 0.3) is 0 Å². The van der Waals surface area contributed by atoms with E-state index in [1.165, 1.54) is 28.5 Å². The Kier molecular flexibility index (Phi) is 13.0. The average Bonchev–Trinajstić information content (AvgIpc) is 3.83. The number of aryl methyl sites for hydroxylation is 1. The zero-order valence-corrected chi connectivity index (χ0v) is 33.1. The highest BCUT2D eigenvalue weighted by Crippen LogP contribution is 2.29. The molecule has 58 heavy (non-hydrogen) atoms. The summed E-state index contributed by atoms with van der Waals surface area (Å²) in [4.78, 5) is 102. The van der Waals surface area contributed by atoms with E-state index < -0.39 is 102 Å². The van der Waals surface area contributed by atoms with Gasteiger partial charge in [0.05, 0.1) is 0 Å². The maximum Gasteiger partial charge on any atom is 0.329 e. The number of hydrogen-bond acceptors (Lipinski definition) is 8. The van der Waals surface area contributed by atoms with E-state index in [4.69, 9.17) is 4.74 Å². The number of esters is 1. The van der Waals surface area contributed by atoms with Crippen LogP contribution >= 0.6 is 0 Å². The molecule has 4 N–H and O–H groups in total. The second-order valence-corrected chi connectivity index (χ2v) is 15.9. The largest absolute Gasteiger partial charge is 0.458 e. The molecule has 4 aliphatic rings. The minimum Gasteiger partial charge on any atom is -0.458 e. The number of nitrogens with zero attached hydrogens (tertiary/aromatic N) is 3. The van der Waals surface area contributed by atoms with Crippen molar-refractivity contribution in [2.24, 2.45) is 5.92 Å². The lowest BCUT2D eigenvalue weighted by Crippen LogP contribution is -2.63. The molecule has 0 radical (unpaired) electrons. The molecule has 4 heterocycles. The Balaban J connectivity index is 1.34. The molecule has 4 aliphatic heterocycles. The van der Waals surface area contributed by atoms with Gasteiger partial charge >= 0.3 is 12.0 Å². The second-order valence-electron chi connectivity index (χ2n) is 15.9. The number of hydrogen-bond donors (Lipinski definition) is 4. The third-order valence-electron chi connectivity index (χ3n) is 11.3. The Morgan fingerprint density at radius 1 is 0.828 bits per heavy atom. The van der Waals surface area contributed by atoms with Crippen LogP contribution in [0.3, 0.4) is 0 Å². The number of nitrogens with one attached hydrogen (secondary N) is 4. The summed E-state index contributed by atoms with van der Waals surface area (Å²) in [5, 5.41) is 10.6. The van der Waals surface area contributed by atoms with E-state index in [2.05, 4.69) is 21.3 Å². The molecule has 2 aromatic carbocycles. The maximum atomic E-state index is 14.7. The van der Waals surface area contributed by atoms with E-state index in [1.54, 1.807) is 24.3 Å². The summed E-state index contributed by atoms with van der Waals surface area (Å²) in [7, 11) is 0. The predicted octanol–water partition coefficient (Wildman–Crippen LogP) is 2.55. The molecule has 0 saturated carbocycles. The molecule has 312 valence electrons. The molecule has 6 rings (SSSR count). The molecule has 0 bridgehead atoms. The highest BCUT2D eigenvalue weighted by atomic mass is 19.1. The Bertz CT molecular complexity index is 1910. The van der Waals surface area contributed by atoms with Crippen LogP contribution in [0, 0.1) is 24.5 Å². The van der Waals surface area contributed by atoms with Crippen molar-refractivity contribution in [3.63, 3.8) is 0 Å². The number of amides is 7. The lowest BCUT2D eigenvalue weighted by atomic mass is 9.99. The number of halogens is 2. The molecule has 0 spiro atoms. The van der Waals surface area contributed by atoms with Gasteiger partial charge in [-0.15, -0.1) is 0 Å². The Morgan fingerprint density at radius 2 is 1.48 bits per heavy atom. The normalized spacial score (nSPS) is 27.5. The summed E-state index contributed by atoms with van der Waals surface area (Å²) in [6, 6.07) is 1.56. The first-order chi connectivity index (χ1) is 27.6. The highest BCUT2D eigenvalue weighted by Gasteiger charge is 2.47. The lowest BCUT2D eigenvalue weighted by Gasteiger charge is -2.39. The van der Waals surface area contributed by atoms with Crippen LogP contribution in [0.2, 0.25) is 0 Å². The van der Waals surface area contributed by atoms with Crippen LogP contribution in [0.4, 0.5) is 19.3 Å². The fraction of sp³-hybridized carbons (Fsp3) is 0.537. The predicted molar refractivity (Wildman–Crippen MR) is 206 cm³/mol. The van der Waals surface area contributed by atoms with Crippen molar-refractivity contribution < 1.29 is 47.1 Å². The van der Waals surface area contributed by atoms with E-state index in [9.17, 15) is 42.3 Å². The zero-order chi connectivity index (χ0) is 41.8. The Hall–Kier alpha value is -5.61. The van der Waals surface area contributed by atoms with Crippen molar-refractivity contribution in [3.8, 4) is 0 Å². The van der Waals surface area contributed by atoms with Crippen molar-refractivity contribution in [1.29, 1.82) is 0 Å². The topological polar surface area (TPSA) is 187 Å². The van der Waals surface area contributed by atoms with Gasteiger partial charge in [-0.1, -0.05) is 24.6 Å². The molecular formula is C41H51F2N7O8. The van der Waals surface area contributed by atoms with E-state index >= 15 is 0 Å². The number of fused-ring (bicyclic) bond motifs is 3. The van der Waals surface area contributed by atoms with Gasteiger partial charge in [-0.25, -0.2) is 18.4 Å². The lowest BCUT2D eigenvalue weighted by molar-refractivity contribution is -0.163. The quantitative estimate of drug-likeness (QED) is 0.321. The highest BCUT2D eigenvalue weighted by molar-refractivity contribution is 5.98. The van der Waals surface area contributed by atoms with Crippen LogP contribution in [-0.2, 0) is 39.9 Å². The summed E-state index contributed by atoms with van der Waals surface area (Å²) in [5.41, 5.74) is 1.36. The van der Waals surface area contributed by atoms with Crippen LogP contribution in [0.1, 0.15) is 70.4 Å². The van der Waals surface area contributed by atoms with E-state index in [0.717, 1.165) is 17.7 Å². The number of rotatable bonds is 6. The van der Waals surface area contributed by atoms with E-state index in [-0.39, 0.29) is 44.0 Å². The van der Waals surface area contributed by atoms with Crippen molar-refractivity contribution in [3.05, 3.63) is 65.2 Å². The number of anilines is 1. The minimum atomic E-state index is -1.62. The van der Waals surface area contributed by atoms with Crippen LogP contribution in [-0.4, -0.2) is 118 Å². The fourth-order valence-electron chi connectivity index (χ4n) is 8.36. The summed E-state index contributed by atoms with van der Waals surface area (Å²) in [6.07, 6.45) is 0.815. The van der Waals surface area contributed by atoms with Gasteiger partial charge in [0.25, 0.3) is 0 Å². The van der Waals surface area contributed by atoms with Crippen molar-refractivity contribution in [1.82, 2.24) is 30.7 Å². The number of urea groups is 1. The van der Waals surface area contributed by atoms with Gasteiger partial charge in [0.1, 0.15) is 54.0 Å². The van der Waals surface area contributed by atoms with Gasteiger partial charge in [-0.05, 0) is 95.0 Å². The first-order valence-corrected chi connectivity index (χ1v) is 19.9. The number of cyclic esters (lactones) is 1. The Morgan fingerprint density at radius 3 is 2.19 bits per heavy atom. The third-order valence-corrected chi connectivity index (χ3v) is 11.3. The number of piperidine rings is 1. The molecule has 4 fully saturated rings. The van der Waals surface area contributed by atoms with Gasteiger partial charge in [0.2, 0.25) is 29.5 Å². The molecule has 0 unspecified atom stereocenters. The molecule has 8 atom stereocenters. The number of carbonyl (C=O) groups is 7. The third kappa shape index (κ3) is 9.56. The standard InChI is InChI=1S/C41H51F2N7O8/c1-22-10-12-29(13-11-22)45-41(57)46-30(19-26-17-27(42)20-28(43)18-26)35(51)47-34-25(4)58-40(56)33-16-23(2)21-50(33)37(53)24(3)44-36(52)31-8-5-6-14-48(31)38(54)32-9-7-15-49(32)39(34)55/h10-13,17-18,20,23-25,30-34H,5-9,14-16,19,21H2,1-4H3,(H,44,52)(H,47,51)(H2,45,46,57)/t23-,24+,25+,30+,31+,32+,33+,34+/m1/s1. The number of carbonyl (C=O) groups excluding carboxylic acids is 7. The molecule has 15 nitrogen and oxygen atoms in total. The molecule has 4 saturated heterocycles. The smallest absolute Gasteiger partial charge is 0.329 e. The summed E-state index contributed by atoms with van der Waals surface area (Å²) in [5.74, 6) is -5.95. The van der Waals surface area contributed by atoms with Crippen LogP contribution in [0.15, 0.2) is 42.5 Å². The minimum absolute atomic E-state index is 0.0248. The second kappa shape index (κ2) is 17.9. The molecule has 7 amide bonds. The summed E-state index contributed by atoms with van der Waals surface area (Å²) >= 11 is 0. The number of benzene rings is 2. The number of ether oxygens (including phenoxy) is 1. The average molecular weight is 808 g/mol. The first-order valence-electron chi connectivity index (χ1n) is 19.9. The SMILES string of the molecule is Cc1ccc(NC(=O)N[C@@H](Cc2cc(F)cc(F)c2)C(=O)N[C@@H]2C(=O)N3CCC[C@H]3C(=O)N3CCCC[C@H]3C(=O)N[C@@H](C)C(=O)N3C[C@H](C)C[C@H]3C(=O)O[C@H]2C)cc1. The maximum absolute atomic E-state index is 14.7. The van der Waals surface area contributed by atoms with Gasteiger partial charge in [-0.3, -0.25) is 24.0 Å². The molecule has 17 heteroatoms. The molecular weight excluding hydrogens is 756 g/mol. The van der Waals surface area contributed by atoms with Crippen molar-refractivity contribution in [2.45, 2.75) is 115 Å². The fourth-order valence-corrected chi connectivity index (χ4v) is 8.36. The van der Waals surface area contributed by atoms with E-state index in [1.807, 2.05) is 13.8 Å². The summed E-state index contributed by atoms with van der Waals surface area (Å²) < 4.78 is 34.5. The van der Waals surface area contributed by atoms with Gasteiger partial charge in [0.15, 0.2) is 0 Å². The molecule has 0 aromatic heterocycles. The van der Waals surface area contributed by atoms with Gasteiger partial charge in [0, 0.05) is 37.8 Å². The van der Waals surface area contributed by atoms with Gasteiger partial charge in [-0.2, -0.15) is 0 Å². The zero-order valence-electron chi connectivity index (χ0n) is 33.1. The van der Waals surface area contributed by atoms with Crippen LogP contribution < -0.4 is 21.3 Å². The molecule has 2 aromatic rings. The Labute approximate surface area is 335 Å². The first kappa shape index (κ1) is 42.0. The van der Waals surface area contributed by atoms with Crippen molar-refractivity contribution >= 4 is 47.2 Å². The monoisotopic (exact) mass is 807 g/mol. The van der Waals surface area contributed by atoms with Gasteiger partial charge < -0.3 is 40.7 Å². The van der Waals surface area contributed by atoms with Crippen LogP contribution in [0.5, 0.6) is 0 Å². The molecule has 0 aliphatic carbocycles. The summed E-state index contributed by atoms with van der Waals surface area (Å²) in [6.45, 7) is 7.24.